The van der Waals surface area contributed by atoms with Gasteiger partial charge in [-0.25, -0.2) is 4.79 Å². The first kappa shape index (κ1) is 21.1. The highest BCUT2D eigenvalue weighted by molar-refractivity contribution is 5.88. The van der Waals surface area contributed by atoms with Crippen molar-refractivity contribution in [2.45, 2.75) is 13.5 Å². The van der Waals surface area contributed by atoms with Gasteiger partial charge in [-0.15, -0.1) is 0 Å². The number of carbonyl (C=O) groups is 1. The van der Waals surface area contributed by atoms with E-state index in [4.69, 9.17) is 9.47 Å². The summed E-state index contributed by atoms with van der Waals surface area (Å²) in [6.45, 7) is 2.58. The van der Waals surface area contributed by atoms with Gasteiger partial charge in [0.05, 0.1) is 0 Å². The summed E-state index contributed by atoms with van der Waals surface area (Å²) in [5.74, 6) is 0.875. The van der Waals surface area contributed by atoms with Gasteiger partial charge in [0.1, 0.15) is 18.1 Å². The van der Waals surface area contributed by atoms with Crippen LogP contribution in [0.15, 0.2) is 109 Å². The van der Waals surface area contributed by atoms with Gasteiger partial charge < -0.3 is 9.47 Å². The van der Waals surface area contributed by atoms with E-state index >= 15 is 0 Å². The van der Waals surface area contributed by atoms with Crippen LogP contribution in [0.3, 0.4) is 0 Å². The molecule has 4 rings (SSSR count). The lowest BCUT2D eigenvalue weighted by Gasteiger charge is -2.06. The number of aryl methyl sites for hydroxylation is 1. The number of hydrogen-bond acceptors (Lipinski definition) is 3. The quantitative estimate of drug-likeness (QED) is 0.186. The average molecular weight is 421 g/mol. The number of rotatable bonds is 7. The molecule has 3 heteroatoms. The number of ether oxygens (including phenoxy) is 2. The Labute approximate surface area is 188 Å². The molecule has 3 nitrogen and oxygen atoms in total. The fourth-order valence-corrected chi connectivity index (χ4v) is 3.19. The maximum absolute atomic E-state index is 12.2. The van der Waals surface area contributed by atoms with Crippen molar-refractivity contribution in [2.75, 3.05) is 0 Å². The molecular formula is C29H24O3. The Kier molecular flexibility index (Phi) is 6.78. The van der Waals surface area contributed by atoms with E-state index in [-0.39, 0.29) is 0 Å². The second kappa shape index (κ2) is 10.3. The van der Waals surface area contributed by atoms with Crippen molar-refractivity contribution in [3.8, 4) is 22.6 Å². The molecule has 32 heavy (non-hydrogen) atoms. The zero-order valence-electron chi connectivity index (χ0n) is 17.9. The van der Waals surface area contributed by atoms with Crippen LogP contribution < -0.4 is 9.47 Å². The van der Waals surface area contributed by atoms with Crippen molar-refractivity contribution < 1.29 is 14.3 Å². The Morgan fingerprint density at radius 2 is 1.31 bits per heavy atom. The summed E-state index contributed by atoms with van der Waals surface area (Å²) in [5.41, 5.74) is 5.44. The van der Waals surface area contributed by atoms with Gasteiger partial charge in [-0.05, 0) is 59.5 Å². The molecule has 0 aliphatic rings. The zero-order chi connectivity index (χ0) is 22.2. The molecule has 0 unspecified atom stereocenters. The Morgan fingerprint density at radius 3 is 1.97 bits per heavy atom. The highest BCUT2D eigenvalue weighted by atomic mass is 16.5. The first-order chi connectivity index (χ1) is 15.7. The topological polar surface area (TPSA) is 35.5 Å². The van der Waals surface area contributed by atoms with E-state index in [9.17, 15) is 4.79 Å². The van der Waals surface area contributed by atoms with Gasteiger partial charge in [0.25, 0.3) is 0 Å². The Bertz CT molecular complexity index is 1170. The third kappa shape index (κ3) is 5.96. The molecule has 0 aromatic heterocycles. The predicted octanol–water partition coefficient (Wildman–Crippen LogP) is 6.86. The highest BCUT2D eigenvalue weighted by Gasteiger charge is 2.03. The minimum atomic E-state index is -0.419. The van der Waals surface area contributed by atoms with Gasteiger partial charge in [-0.2, -0.15) is 0 Å². The fraction of sp³-hybridized carbons (Fsp3) is 0.0690. The summed E-state index contributed by atoms with van der Waals surface area (Å²) in [4.78, 5) is 12.2. The minimum Gasteiger partial charge on any atom is -0.489 e. The van der Waals surface area contributed by atoms with Crippen molar-refractivity contribution in [3.05, 3.63) is 126 Å². The molecule has 0 radical (unpaired) electrons. The molecule has 0 saturated carbocycles. The smallest absolute Gasteiger partial charge is 0.336 e. The van der Waals surface area contributed by atoms with Crippen molar-refractivity contribution in [2.24, 2.45) is 0 Å². The van der Waals surface area contributed by atoms with Gasteiger partial charge in [-0.1, -0.05) is 84.4 Å². The lowest BCUT2D eigenvalue weighted by molar-refractivity contribution is -0.128. The normalized spacial score (nSPS) is 10.8. The van der Waals surface area contributed by atoms with Crippen molar-refractivity contribution in [3.63, 3.8) is 0 Å². The first-order valence-corrected chi connectivity index (χ1v) is 10.5. The molecule has 0 aliphatic heterocycles. The second-order valence-corrected chi connectivity index (χ2v) is 7.49. The van der Waals surface area contributed by atoms with Crippen LogP contribution in [0.5, 0.6) is 11.5 Å². The van der Waals surface area contributed by atoms with Gasteiger partial charge in [0, 0.05) is 6.08 Å². The maximum Gasteiger partial charge on any atom is 0.336 e. The molecule has 0 aliphatic carbocycles. The van der Waals surface area contributed by atoms with E-state index in [1.54, 1.807) is 18.2 Å². The Hall–Kier alpha value is -4.11. The Morgan fingerprint density at radius 1 is 0.719 bits per heavy atom. The summed E-state index contributed by atoms with van der Waals surface area (Å²) in [6, 6.07) is 33.4. The van der Waals surface area contributed by atoms with E-state index in [0.717, 1.165) is 28.0 Å². The van der Waals surface area contributed by atoms with E-state index in [0.29, 0.717) is 12.4 Å². The second-order valence-electron chi connectivity index (χ2n) is 7.49. The van der Waals surface area contributed by atoms with Crippen LogP contribution in [-0.2, 0) is 11.4 Å². The van der Waals surface area contributed by atoms with E-state index in [1.807, 2.05) is 66.7 Å². The third-order valence-corrected chi connectivity index (χ3v) is 5.00. The summed E-state index contributed by atoms with van der Waals surface area (Å²) < 4.78 is 11.2. The molecule has 0 amide bonds. The minimum absolute atomic E-state index is 0.419. The van der Waals surface area contributed by atoms with Gasteiger partial charge in [-0.3, -0.25) is 0 Å². The average Bonchev–Trinajstić information content (AvgIpc) is 2.84. The molecule has 0 N–H and O–H groups in total. The van der Waals surface area contributed by atoms with Gasteiger partial charge in [0.2, 0.25) is 0 Å². The SMILES string of the molecule is Cc1ccc(-c2ccc(OC(=O)/C=C/c3ccc(OCc4ccccc4)cc3)cc2)cc1. The molecule has 0 fully saturated rings. The summed E-state index contributed by atoms with van der Waals surface area (Å²) in [6.07, 6.45) is 3.15. The van der Waals surface area contributed by atoms with E-state index in [1.165, 1.54) is 11.6 Å². The van der Waals surface area contributed by atoms with Crippen LogP contribution in [0, 0.1) is 6.92 Å². The molecule has 0 heterocycles. The number of carbonyl (C=O) groups excluding carboxylic acids is 1. The number of benzene rings is 4. The molecule has 0 saturated heterocycles. The van der Waals surface area contributed by atoms with Gasteiger partial charge in [0.15, 0.2) is 0 Å². The van der Waals surface area contributed by atoms with Crippen LogP contribution in [0.4, 0.5) is 0 Å². The number of esters is 1. The Balaban J connectivity index is 1.29. The van der Waals surface area contributed by atoms with Crippen LogP contribution in [-0.4, -0.2) is 5.97 Å². The van der Waals surface area contributed by atoms with Crippen LogP contribution in [0.2, 0.25) is 0 Å². The predicted molar refractivity (Wildman–Crippen MR) is 128 cm³/mol. The monoisotopic (exact) mass is 420 g/mol. The largest absolute Gasteiger partial charge is 0.489 e. The lowest BCUT2D eigenvalue weighted by Crippen LogP contribution is -2.03. The van der Waals surface area contributed by atoms with Gasteiger partial charge >= 0.3 is 5.97 Å². The maximum atomic E-state index is 12.2. The first-order valence-electron chi connectivity index (χ1n) is 10.5. The molecule has 4 aromatic carbocycles. The lowest BCUT2D eigenvalue weighted by atomic mass is 10.0. The van der Waals surface area contributed by atoms with Crippen molar-refractivity contribution in [1.29, 1.82) is 0 Å². The van der Waals surface area contributed by atoms with Crippen LogP contribution in [0.1, 0.15) is 16.7 Å². The summed E-state index contributed by atoms with van der Waals surface area (Å²) in [5, 5.41) is 0. The molecule has 0 bridgehead atoms. The molecule has 0 spiro atoms. The van der Waals surface area contributed by atoms with Crippen LogP contribution in [0.25, 0.3) is 17.2 Å². The molecule has 158 valence electrons. The number of hydrogen-bond donors (Lipinski definition) is 0. The highest BCUT2D eigenvalue weighted by Crippen LogP contribution is 2.23. The summed E-state index contributed by atoms with van der Waals surface area (Å²) >= 11 is 0. The molecule has 4 aromatic rings. The summed E-state index contributed by atoms with van der Waals surface area (Å²) in [7, 11) is 0. The standard InChI is InChI=1S/C29H24O3/c1-22-7-12-25(13-8-22)26-14-18-28(19-15-26)32-29(30)20-11-23-9-16-27(17-10-23)31-21-24-5-3-2-4-6-24/h2-20H,21H2,1H3/b20-11+. The van der Waals surface area contributed by atoms with Crippen LogP contribution >= 0.6 is 0 Å². The van der Waals surface area contributed by atoms with E-state index < -0.39 is 5.97 Å². The van der Waals surface area contributed by atoms with E-state index in [2.05, 4.69) is 31.2 Å². The fourth-order valence-electron chi connectivity index (χ4n) is 3.19. The molecular weight excluding hydrogens is 396 g/mol. The van der Waals surface area contributed by atoms with Crippen molar-refractivity contribution in [1.82, 2.24) is 0 Å². The zero-order valence-corrected chi connectivity index (χ0v) is 17.9. The molecule has 0 atom stereocenters. The van der Waals surface area contributed by atoms with Crippen molar-refractivity contribution >= 4 is 12.0 Å². The third-order valence-electron chi connectivity index (χ3n) is 5.00.